The predicted octanol–water partition coefficient (Wildman–Crippen LogP) is 1.13. The Kier molecular flexibility index (Phi) is 3.36. The molecule has 18 heavy (non-hydrogen) atoms. The van der Waals surface area contributed by atoms with Crippen LogP contribution in [0.15, 0.2) is 18.2 Å². The molecule has 0 aromatic heterocycles. The normalized spacial score (nSPS) is 12.7. The molecule has 1 aromatic carbocycles. The van der Waals surface area contributed by atoms with E-state index in [-0.39, 0.29) is 13.2 Å². The van der Waals surface area contributed by atoms with Gasteiger partial charge in [-0.1, -0.05) is 6.07 Å². The second-order valence-corrected chi connectivity index (χ2v) is 3.96. The molecule has 0 saturated carbocycles. The molecule has 1 aromatic rings. The van der Waals surface area contributed by atoms with Gasteiger partial charge in [0.1, 0.15) is 0 Å². The van der Waals surface area contributed by atoms with Gasteiger partial charge < -0.3 is 19.7 Å². The Balaban J connectivity index is 2.01. The molecule has 0 spiro atoms. The molecule has 0 aliphatic carbocycles. The van der Waals surface area contributed by atoms with Crippen molar-refractivity contribution < 1.29 is 29.3 Å². The molecule has 0 bridgehead atoms. The van der Waals surface area contributed by atoms with E-state index in [2.05, 4.69) is 0 Å². The SMILES string of the molecule is O=C(O)C(CCc1ccc2c(c1)OCO2)C(=O)O. The van der Waals surface area contributed by atoms with Crippen molar-refractivity contribution in [2.45, 2.75) is 12.8 Å². The Morgan fingerprint density at radius 3 is 2.50 bits per heavy atom. The number of carboxylic acids is 2. The number of carboxylic acid groups (broad SMARTS) is 2. The van der Waals surface area contributed by atoms with Crippen molar-refractivity contribution >= 4 is 11.9 Å². The van der Waals surface area contributed by atoms with Crippen LogP contribution in [0.2, 0.25) is 0 Å². The lowest BCUT2D eigenvalue weighted by molar-refractivity contribution is -0.154. The minimum atomic E-state index is -1.38. The molecular weight excluding hydrogens is 240 g/mol. The van der Waals surface area contributed by atoms with Crippen LogP contribution in [0.4, 0.5) is 0 Å². The molecule has 0 fully saturated rings. The van der Waals surface area contributed by atoms with Crippen molar-refractivity contribution in [2.75, 3.05) is 6.79 Å². The maximum atomic E-state index is 10.7. The molecule has 0 saturated heterocycles. The molecule has 6 heteroatoms. The molecule has 1 heterocycles. The Morgan fingerprint density at radius 2 is 1.83 bits per heavy atom. The molecule has 0 amide bonds. The maximum Gasteiger partial charge on any atom is 0.317 e. The summed E-state index contributed by atoms with van der Waals surface area (Å²) in [4.78, 5) is 21.4. The van der Waals surface area contributed by atoms with Crippen LogP contribution in [0.3, 0.4) is 0 Å². The quantitative estimate of drug-likeness (QED) is 0.763. The highest BCUT2D eigenvalue weighted by Gasteiger charge is 2.25. The fourth-order valence-electron chi connectivity index (χ4n) is 1.76. The van der Waals surface area contributed by atoms with Crippen LogP contribution in [-0.2, 0) is 16.0 Å². The first-order valence-electron chi connectivity index (χ1n) is 5.42. The van der Waals surface area contributed by atoms with E-state index in [0.29, 0.717) is 17.9 Å². The third-order valence-electron chi connectivity index (χ3n) is 2.75. The molecular formula is C12H12O6. The van der Waals surface area contributed by atoms with Crippen molar-refractivity contribution in [3.05, 3.63) is 23.8 Å². The van der Waals surface area contributed by atoms with Gasteiger partial charge in [0, 0.05) is 0 Å². The van der Waals surface area contributed by atoms with Crippen molar-refractivity contribution in [2.24, 2.45) is 5.92 Å². The molecule has 0 atom stereocenters. The van der Waals surface area contributed by atoms with Gasteiger partial charge in [0.05, 0.1) is 0 Å². The number of aryl methyl sites for hydroxylation is 1. The molecule has 0 radical (unpaired) electrons. The van der Waals surface area contributed by atoms with Crippen LogP contribution in [0.5, 0.6) is 11.5 Å². The standard InChI is InChI=1S/C12H12O6/c13-11(14)8(12(15)16)3-1-7-2-4-9-10(5-7)18-6-17-9/h2,4-5,8H,1,3,6H2,(H,13,14)(H,15,16). The first kappa shape index (κ1) is 12.2. The Hall–Kier alpha value is -2.24. The largest absolute Gasteiger partial charge is 0.481 e. The summed E-state index contributed by atoms with van der Waals surface area (Å²) in [5.74, 6) is -2.76. The number of fused-ring (bicyclic) bond motifs is 1. The molecule has 96 valence electrons. The Bertz CT molecular complexity index is 467. The van der Waals surface area contributed by atoms with Gasteiger partial charge in [0.2, 0.25) is 6.79 Å². The van der Waals surface area contributed by atoms with Gasteiger partial charge in [-0.05, 0) is 30.5 Å². The smallest absolute Gasteiger partial charge is 0.317 e. The van der Waals surface area contributed by atoms with E-state index < -0.39 is 17.9 Å². The van der Waals surface area contributed by atoms with E-state index in [9.17, 15) is 9.59 Å². The van der Waals surface area contributed by atoms with Gasteiger partial charge in [-0.25, -0.2) is 0 Å². The van der Waals surface area contributed by atoms with Crippen LogP contribution >= 0.6 is 0 Å². The van der Waals surface area contributed by atoms with Gasteiger partial charge in [-0.3, -0.25) is 9.59 Å². The number of rotatable bonds is 5. The lowest BCUT2D eigenvalue weighted by Gasteiger charge is -2.07. The van der Waals surface area contributed by atoms with Crippen molar-refractivity contribution in [3.63, 3.8) is 0 Å². The molecule has 1 aliphatic heterocycles. The first-order chi connectivity index (χ1) is 8.58. The minimum Gasteiger partial charge on any atom is -0.481 e. The van der Waals surface area contributed by atoms with Crippen LogP contribution < -0.4 is 9.47 Å². The molecule has 1 aliphatic rings. The van der Waals surface area contributed by atoms with Crippen LogP contribution in [0.25, 0.3) is 0 Å². The summed E-state index contributed by atoms with van der Waals surface area (Å²) in [7, 11) is 0. The number of hydrogen-bond donors (Lipinski definition) is 2. The van der Waals surface area contributed by atoms with Crippen LogP contribution in [0, 0.1) is 5.92 Å². The van der Waals surface area contributed by atoms with E-state index in [4.69, 9.17) is 19.7 Å². The lowest BCUT2D eigenvalue weighted by atomic mass is 9.99. The summed E-state index contributed by atoms with van der Waals surface area (Å²) in [6.45, 7) is 0.172. The van der Waals surface area contributed by atoms with E-state index in [1.165, 1.54) is 0 Å². The second-order valence-electron chi connectivity index (χ2n) is 3.96. The van der Waals surface area contributed by atoms with Crippen LogP contribution in [-0.4, -0.2) is 28.9 Å². The Morgan fingerprint density at radius 1 is 1.17 bits per heavy atom. The average Bonchev–Trinajstić information content (AvgIpc) is 2.75. The summed E-state index contributed by atoms with van der Waals surface area (Å²) < 4.78 is 10.3. The molecule has 2 rings (SSSR count). The van der Waals surface area contributed by atoms with E-state index >= 15 is 0 Å². The number of benzene rings is 1. The van der Waals surface area contributed by atoms with Crippen LogP contribution in [0.1, 0.15) is 12.0 Å². The number of hydrogen-bond acceptors (Lipinski definition) is 4. The summed E-state index contributed by atoms with van der Waals surface area (Å²) >= 11 is 0. The molecule has 6 nitrogen and oxygen atoms in total. The van der Waals surface area contributed by atoms with E-state index in [0.717, 1.165) is 5.56 Å². The van der Waals surface area contributed by atoms with Crippen molar-refractivity contribution in [3.8, 4) is 11.5 Å². The zero-order chi connectivity index (χ0) is 13.1. The topological polar surface area (TPSA) is 93.1 Å². The highest BCUT2D eigenvalue weighted by atomic mass is 16.7. The third-order valence-corrected chi connectivity index (χ3v) is 2.75. The number of ether oxygens (including phenoxy) is 2. The number of carbonyl (C=O) groups is 2. The van der Waals surface area contributed by atoms with Gasteiger partial charge in [0.25, 0.3) is 0 Å². The average molecular weight is 252 g/mol. The Labute approximate surface area is 103 Å². The summed E-state index contributed by atoms with van der Waals surface area (Å²) in [6, 6.07) is 5.24. The predicted molar refractivity (Wildman–Crippen MR) is 59.6 cm³/mol. The van der Waals surface area contributed by atoms with Gasteiger partial charge in [-0.15, -0.1) is 0 Å². The second kappa shape index (κ2) is 4.95. The zero-order valence-corrected chi connectivity index (χ0v) is 9.46. The lowest BCUT2D eigenvalue weighted by Crippen LogP contribution is -2.23. The van der Waals surface area contributed by atoms with E-state index in [1.807, 2.05) is 0 Å². The molecule has 2 N–H and O–H groups in total. The van der Waals surface area contributed by atoms with Gasteiger partial charge >= 0.3 is 11.9 Å². The first-order valence-corrected chi connectivity index (χ1v) is 5.42. The van der Waals surface area contributed by atoms with Gasteiger partial charge in [-0.2, -0.15) is 0 Å². The third kappa shape index (κ3) is 2.53. The summed E-state index contributed by atoms with van der Waals surface area (Å²) in [5, 5.41) is 17.5. The monoisotopic (exact) mass is 252 g/mol. The summed E-state index contributed by atoms with van der Waals surface area (Å²) in [5.41, 5.74) is 0.826. The van der Waals surface area contributed by atoms with Gasteiger partial charge in [0.15, 0.2) is 17.4 Å². The van der Waals surface area contributed by atoms with Crippen molar-refractivity contribution in [1.29, 1.82) is 0 Å². The molecule has 0 unspecified atom stereocenters. The highest BCUT2D eigenvalue weighted by Crippen LogP contribution is 2.32. The zero-order valence-electron chi connectivity index (χ0n) is 9.46. The number of aliphatic carboxylic acids is 2. The highest BCUT2D eigenvalue weighted by molar-refractivity contribution is 5.92. The fraction of sp³-hybridized carbons (Fsp3) is 0.333. The maximum absolute atomic E-state index is 10.7. The van der Waals surface area contributed by atoms with Crippen molar-refractivity contribution in [1.82, 2.24) is 0 Å². The fourth-order valence-corrected chi connectivity index (χ4v) is 1.76. The minimum absolute atomic E-state index is 0.0459. The summed E-state index contributed by atoms with van der Waals surface area (Å²) in [6.07, 6.45) is 0.407. The van der Waals surface area contributed by atoms with E-state index in [1.54, 1.807) is 18.2 Å².